The van der Waals surface area contributed by atoms with Crippen molar-refractivity contribution >= 4 is 82.2 Å². The summed E-state index contributed by atoms with van der Waals surface area (Å²) in [7, 11) is 0. The molecule has 0 spiro atoms. The predicted molar refractivity (Wildman–Crippen MR) is 227 cm³/mol. The third-order valence-corrected chi connectivity index (χ3v) is 10.8. The van der Waals surface area contributed by atoms with Crippen LogP contribution in [0.25, 0.3) is 82.0 Å². The molecule has 252 valence electrons. The number of para-hydroxylation sites is 3. The maximum absolute atomic E-state index is 5.03. The van der Waals surface area contributed by atoms with Crippen molar-refractivity contribution in [1.29, 1.82) is 0 Å². The van der Waals surface area contributed by atoms with Crippen LogP contribution in [0.15, 0.2) is 194 Å². The Morgan fingerprint density at radius 3 is 1.81 bits per heavy atom. The van der Waals surface area contributed by atoms with Crippen LogP contribution in [-0.2, 0) is 0 Å². The lowest BCUT2D eigenvalue weighted by molar-refractivity contribution is 1.20. The minimum absolute atomic E-state index is 0.992. The van der Waals surface area contributed by atoms with Crippen molar-refractivity contribution < 1.29 is 0 Å². The Morgan fingerprint density at radius 1 is 0.407 bits per heavy atom. The van der Waals surface area contributed by atoms with Gasteiger partial charge >= 0.3 is 0 Å². The summed E-state index contributed by atoms with van der Waals surface area (Å²) in [6, 6.07) is 65.2. The molecule has 11 rings (SSSR count). The average Bonchev–Trinajstić information content (AvgIpc) is 3.58. The number of hydrogen-bond donors (Lipinski definition) is 0. The number of fused-ring (bicyclic) bond motifs is 9. The Bertz CT molecular complexity index is 3180. The highest BCUT2D eigenvalue weighted by molar-refractivity contribution is 6.18. The van der Waals surface area contributed by atoms with E-state index in [1.165, 1.54) is 21.8 Å². The molecule has 4 heteroatoms. The standard InChI is InChI=1S/C50H32N4/c1-2-17-37(18-3-1)53(45-25-9-13-33-27-28-34-15-11-29-51-49(34)47(33)45)38-19-8-14-35(31-38)42-32-36-16-12-30-52-50(36)48-41(42)22-10-26-46(48)54-43-23-6-4-20-39(43)40-21-5-7-24-44(40)54/h1-32H. The minimum atomic E-state index is 0.992. The van der Waals surface area contributed by atoms with E-state index in [1.54, 1.807) is 0 Å². The summed E-state index contributed by atoms with van der Waals surface area (Å²) in [6.45, 7) is 0. The van der Waals surface area contributed by atoms with Gasteiger partial charge in [0.1, 0.15) is 0 Å². The molecule has 0 bridgehead atoms. The molecule has 0 atom stereocenters. The number of aromatic nitrogens is 3. The molecule has 0 radical (unpaired) electrons. The van der Waals surface area contributed by atoms with Crippen molar-refractivity contribution in [1.82, 2.24) is 14.5 Å². The summed E-state index contributed by atoms with van der Waals surface area (Å²) in [5, 5.41) is 9.27. The quantitative estimate of drug-likeness (QED) is 0.169. The van der Waals surface area contributed by atoms with E-state index in [0.29, 0.717) is 0 Å². The van der Waals surface area contributed by atoms with Crippen LogP contribution >= 0.6 is 0 Å². The summed E-state index contributed by atoms with van der Waals surface area (Å²) in [5.41, 5.74) is 11.0. The van der Waals surface area contributed by atoms with E-state index in [0.717, 1.165) is 77.2 Å². The molecule has 0 amide bonds. The highest BCUT2D eigenvalue weighted by atomic mass is 15.1. The lowest BCUT2D eigenvalue weighted by Gasteiger charge is -2.27. The summed E-state index contributed by atoms with van der Waals surface area (Å²) < 4.78 is 2.41. The third kappa shape index (κ3) is 4.64. The van der Waals surface area contributed by atoms with Gasteiger partial charge in [-0.25, -0.2) is 0 Å². The van der Waals surface area contributed by atoms with Crippen molar-refractivity contribution in [3.63, 3.8) is 0 Å². The normalized spacial score (nSPS) is 11.7. The van der Waals surface area contributed by atoms with E-state index in [9.17, 15) is 0 Å². The Labute approximate surface area is 311 Å². The molecule has 0 N–H and O–H groups in total. The van der Waals surface area contributed by atoms with Gasteiger partial charge in [0.15, 0.2) is 0 Å². The first-order valence-corrected chi connectivity index (χ1v) is 18.3. The van der Waals surface area contributed by atoms with E-state index in [-0.39, 0.29) is 0 Å². The Balaban J connectivity index is 1.18. The highest BCUT2D eigenvalue weighted by Gasteiger charge is 2.21. The first-order valence-electron chi connectivity index (χ1n) is 18.3. The molecule has 0 saturated carbocycles. The molecule has 54 heavy (non-hydrogen) atoms. The van der Waals surface area contributed by atoms with E-state index in [1.807, 2.05) is 24.5 Å². The van der Waals surface area contributed by atoms with Crippen LogP contribution < -0.4 is 4.90 Å². The van der Waals surface area contributed by atoms with Gasteiger partial charge in [0, 0.05) is 56.1 Å². The Hall–Kier alpha value is -7.30. The molecular formula is C50H32N4. The zero-order valence-electron chi connectivity index (χ0n) is 29.3. The molecule has 11 aromatic rings. The topological polar surface area (TPSA) is 34.0 Å². The summed E-state index contributed by atoms with van der Waals surface area (Å²) >= 11 is 0. The van der Waals surface area contributed by atoms with E-state index >= 15 is 0 Å². The number of nitrogens with zero attached hydrogens (tertiary/aromatic N) is 4. The first kappa shape index (κ1) is 30.3. The van der Waals surface area contributed by atoms with Gasteiger partial charge < -0.3 is 9.47 Å². The first-order chi connectivity index (χ1) is 26.8. The number of benzene rings is 8. The Morgan fingerprint density at radius 2 is 1.02 bits per heavy atom. The van der Waals surface area contributed by atoms with Crippen molar-refractivity contribution in [2.24, 2.45) is 0 Å². The van der Waals surface area contributed by atoms with Gasteiger partial charge in [0.05, 0.1) is 33.4 Å². The van der Waals surface area contributed by atoms with Crippen molar-refractivity contribution in [2.75, 3.05) is 4.90 Å². The van der Waals surface area contributed by atoms with Crippen LogP contribution in [-0.4, -0.2) is 14.5 Å². The number of rotatable bonds is 5. The predicted octanol–water partition coefficient (Wildman–Crippen LogP) is 13.3. The minimum Gasteiger partial charge on any atom is -0.310 e. The fourth-order valence-corrected chi connectivity index (χ4v) is 8.50. The SMILES string of the molecule is c1ccc(N(c2cccc(-c3cc4cccnc4c4c(-n5c6ccccc6c6ccccc65)cccc34)c2)c2cccc3ccc4cccnc4c23)cc1. The summed E-state index contributed by atoms with van der Waals surface area (Å²) in [4.78, 5) is 12.3. The lowest BCUT2D eigenvalue weighted by atomic mass is 9.93. The molecule has 0 aliphatic rings. The van der Waals surface area contributed by atoms with Gasteiger partial charge in [-0.2, -0.15) is 0 Å². The molecule has 0 fully saturated rings. The molecule has 8 aromatic carbocycles. The lowest BCUT2D eigenvalue weighted by Crippen LogP contribution is -2.10. The zero-order valence-corrected chi connectivity index (χ0v) is 29.3. The zero-order chi connectivity index (χ0) is 35.6. The van der Waals surface area contributed by atoms with Gasteiger partial charge in [-0.1, -0.05) is 115 Å². The average molecular weight is 689 g/mol. The van der Waals surface area contributed by atoms with Crippen LogP contribution in [0.4, 0.5) is 17.1 Å². The fourth-order valence-electron chi connectivity index (χ4n) is 8.50. The van der Waals surface area contributed by atoms with Crippen molar-refractivity contribution in [3.8, 4) is 16.8 Å². The van der Waals surface area contributed by atoms with E-state index < -0.39 is 0 Å². The summed E-state index contributed by atoms with van der Waals surface area (Å²) in [6.07, 6.45) is 3.80. The van der Waals surface area contributed by atoms with Crippen LogP contribution in [0.5, 0.6) is 0 Å². The molecular weight excluding hydrogens is 657 g/mol. The molecule has 3 aromatic heterocycles. The molecule has 0 unspecified atom stereocenters. The van der Waals surface area contributed by atoms with Crippen LogP contribution in [0.3, 0.4) is 0 Å². The van der Waals surface area contributed by atoms with Crippen LogP contribution in [0.2, 0.25) is 0 Å². The van der Waals surface area contributed by atoms with E-state index in [2.05, 4.69) is 179 Å². The van der Waals surface area contributed by atoms with Gasteiger partial charge in [0.2, 0.25) is 0 Å². The largest absolute Gasteiger partial charge is 0.310 e. The number of anilines is 3. The maximum Gasteiger partial charge on any atom is 0.0801 e. The van der Waals surface area contributed by atoms with E-state index in [4.69, 9.17) is 9.97 Å². The van der Waals surface area contributed by atoms with Gasteiger partial charge in [0.25, 0.3) is 0 Å². The van der Waals surface area contributed by atoms with Gasteiger partial charge in [-0.3, -0.25) is 9.97 Å². The maximum atomic E-state index is 5.03. The second kappa shape index (κ2) is 12.1. The number of pyridine rings is 2. The van der Waals surface area contributed by atoms with Crippen LogP contribution in [0.1, 0.15) is 0 Å². The smallest absolute Gasteiger partial charge is 0.0801 e. The molecule has 0 saturated heterocycles. The molecule has 0 aliphatic carbocycles. The Kier molecular flexibility index (Phi) is 6.82. The highest BCUT2D eigenvalue weighted by Crippen LogP contribution is 2.44. The van der Waals surface area contributed by atoms with Gasteiger partial charge in [-0.15, -0.1) is 0 Å². The second-order valence-electron chi connectivity index (χ2n) is 13.8. The van der Waals surface area contributed by atoms with Crippen molar-refractivity contribution in [3.05, 3.63) is 194 Å². The van der Waals surface area contributed by atoms with Crippen LogP contribution in [0, 0.1) is 0 Å². The molecule has 3 heterocycles. The van der Waals surface area contributed by atoms with Gasteiger partial charge in [-0.05, 0) is 88.6 Å². The monoisotopic (exact) mass is 688 g/mol. The molecule has 4 nitrogen and oxygen atoms in total. The fraction of sp³-hybridized carbons (Fsp3) is 0. The summed E-state index contributed by atoms with van der Waals surface area (Å²) in [5.74, 6) is 0. The molecule has 0 aliphatic heterocycles. The van der Waals surface area contributed by atoms with Crippen molar-refractivity contribution in [2.45, 2.75) is 0 Å². The number of hydrogen-bond acceptors (Lipinski definition) is 3. The second-order valence-corrected chi connectivity index (χ2v) is 13.8. The third-order valence-electron chi connectivity index (χ3n) is 10.8.